The molecule has 0 atom stereocenters. The number of alkyl halides is 3. The normalized spacial score (nSPS) is 24.2. The third-order valence-corrected chi connectivity index (χ3v) is 3.68. The van der Waals surface area contributed by atoms with E-state index in [0.29, 0.717) is 25.7 Å². The van der Waals surface area contributed by atoms with Crippen molar-refractivity contribution in [2.75, 3.05) is 6.26 Å². The summed E-state index contributed by atoms with van der Waals surface area (Å²) in [7, 11) is -3.32. The summed E-state index contributed by atoms with van der Waals surface area (Å²) < 4.78 is 65.9. The fourth-order valence-corrected chi connectivity index (χ4v) is 2.78. The Kier molecular flexibility index (Phi) is 5.20. The summed E-state index contributed by atoms with van der Waals surface area (Å²) in [5.41, 5.74) is -1.53. The van der Waals surface area contributed by atoms with Crippen molar-refractivity contribution in [1.29, 1.82) is 0 Å². The summed E-state index contributed by atoms with van der Waals surface area (Å²) >= 11 is 0. The molecule has 116 valence electrons. The van der Waals surface area contributed by atoms with Crippen LogP contribution in [0.4, 0.5) is 13.2 Å². The van der Waals surface area contributed by atoms with E-state index in [1.807, 2.05) is 0 Å². The van der Waals surface area contributed by atoms with Crippen LogP contribution in [0.15, 0.2) is 12.2 Å². The minimum absolute atomic E-state index is 0.272. The highest BCUT2D eigenvalue weighted by Gasteiger charge is 2.39. The maximum absolute atomic E-state index is 12.2. The zero-order valence-electron chi connectivity index (χ0n) is 10.9. The highest BCUT2D eigenvalue weighted by Crippen LogP contribution is 2.27. The number of esters is 1. The van der Waals surface area contributed by atoms with E-state index in [4.69, 9.17) is 4.74 Å². The Morgan fingerprint density at radius 3 is 2.15 bits per heavy atom. The first-order valence-electron chi connectivity index (χ1n) is 5.93. The Balaban J connectivity index is 2.43. The predicted octanol–water partition coefficient (Wildman–Crippen LogP) is 1.51. The number of carbonyl (C=O) groups is 1. The van der Waals surface area contributed by atoms with Gasteiger partial charge >= 0.3 is 12.1 Å². The Labute approximate surface area is 115 Å². The van der Waals surface area contributed by atoms with Crippen molar-refractivity contribution in [3.8, 4) is 0 Å². The van der Waals surface area contributed by atoms with Gasteiger partial charge in [0.1, 0.15) is 11.7 Å². The lowest BCUT2D eigenvalue weighted by Gasteiger charge is -2.28. The molecular weight excluding hydrogens is 299 g/mol. The number of halogens is 3. The Hall–Kier alpha value is -1.09. The summed E-state index contributed by atoms with van der Waals surface area (Å²) in [6.07, 6.45) is -2.97. The van der Waals surface area contributed by atoms with Crippen LogP contribution in [0.25, 0.3) is 0 Å². The molecule has 1 fully saturated rings. The van der Waals surface area contributed by atoms with Crippen molar-refractivity contribution in [1.82, 2.24) is 4.72 Å². The quantitative estimate of drug-likeness (QED) is 0.630. The third-order valence-electron chi connectivity index (χ3n) is 2.92. The summed E-state index contributed by atoms with van der Waals surface area (Å²) in [6.45, 7) is 2.66. The van der Waals surface area contributed by atoms with E-state index in [-0.39, 0.29) is 6.04 Å². The van der Waals surface area contributed by atoms with Crippen molar-refractivity contribution in [2.45, 2.75) is 44.0 Å². The van der Waals surface area contributed by atoms with Crippen LogP contribution in [0.1, 0.15) is 25.7 Å². The number of hydrogen-bond acceptors (Lipinski definition) is 4. The van der Waals surface area contributed by atoms with Crippen molar-refractivity contribution in [3.63, 3.8) is 0 Å². The molecule has 0 heterocycles. The first kappa shape index (κ1) is 17.0. The van der Waals surface area contributed by atoms with Crippen LogP contribution in [-0.2, 0) is 19.6 Å². The largest absolute Gasteiger partial charge is 0.459 e. The smallest absolute Gasteiger partial charge is 0.422 e. The molecule has 0 spiro atoms. The van der Waals surface area contributed by atoms with Crippen LogP contribution < -0.4 is 4.72 Å². The lowest BCUT2D eigenvalue weighted by Crippen LogP contribution is -2.39. The van der Waals surface area contributed by atoms with Crippen LogP contribution in [0.3, 0.4) is 0 Å². The minimum Gasteiger partial charge on any atom is -0.459 e. The van der Waals surface area contributed by atoms with Crippen LogP contribution in [0.5, 0.6) is 0 Å². The van der Waals surface area contributed by atoms with Gasteiger partial charge in [0, 0.05) is 6.04 Å². The Morgan fingerprint density at radius 1 is 1.25 bits per heavy atom. The lowest BCUT2D eigenvalue weighted by atomic mass is 9.93. The zero-order valence-corrected chi connectivity index (χ0v) is 11.7. The number of carbonyl (C=O) groups excluding carboxylic acids is 1. The lowest BCUT2D eigenvalue weighted by molar-refractivity contribution is -0.156. The number of hydrogen-bond donors (Lipinski definition) is 1. The molecule has 0 aromatic rings. The van der Waals surface area contributed by atoms with Gasteiger partial charge in [0.15, 0.2) is 0 Å². The number of nitrogens with one attached hydrogen (secondary N) is 1. The van der Waals surface area contributed by atoms with Crippen molar-refractivity contribution >= 4 is 16.0 Å². The molecule has 0 aromatic carbocycles. The SMILES string of the molecule is C=C(C(=O)OC1CCC(NS(C)(=O)=O)CC1)C(F)(F)F. The van der Waals surface area contributed by atoms with E-state index in [1.54, 1.807) is 0 Å². The van der Waals surface area contributed by atoms with Crippen molar-refractivity contribution in [2.24, 2.45) is 0 Å². The molecule has 0 saturated heterocycles. The number of sulfonamides is 1. The van der Waals surface area contributed by atoms with Crippen LogP contribution in [0.2, 0.25) is 0 Å². The standard InChI is InChI=1S/C11H16F3NO4S/c1-7(11(12,13)14)10(16)19-9-5-3-8(4-6-9)15-20(2,17)18/h8-9,15H,1,3-6H2,2H3. The molecule has 1 N–H and O–H groups in total. The molecule has 1 saturated carbocycles. The van der Waals surface area contributed by atoms with Crippen molar-refractivity contribution in [3.05, 3.63) is 12.2 Å². The zero-order chi connectivity index (χ0) is 15.6. The molecule has 1 rings (SSSR count). The van der Waals surface area contributed by atoms with E-state index in [0.717, 1.165) is 6.26 Å². The summed E-state index contributed by atoms with van der Waals surface area (Å²) in [4.78, 5) is 11.2. The summed E-state index contributed by atoms with van der Waals surface area (Å²) in [5.74, 6) is -1.47. The van der Waals surface area contributed by atoms with E-state index in [2.05, 4.69) is 11.3 Å². The first-order valence-corrected chi connectivity index (χ1v) is 7.82. The molecule has 1 aliphatic rings. The van der Waals surface area contributed by atoms with Gasteiger partial charge in [0.25, 0.3) is 0 Å². The van der Waals surface area contributed by atoms with Gasteiger partial charge in [-0.3, -0.25) is 0 Å². The predicted molar refractivity (Wildman–Crippen MR) is 65.3 cm³/mol. The van der Waals surface area contributed by atoms with E-state index in [1.165, 1.54) is 0 Å². The molecule has 0 unspecified atom stereocenters. The Morgan fingerprint density at radius 2 is 1.75 bits per heavy atom. The molecule has 20 heavy (non-hydrogen) atoms. The average molecular weight is 315 g/mol. The van der Waals surface area contributed by atoms with Crippen LogP contribution >= 0.6 is 0 Å². The monoisotopic (exact) mass is 315 g/mol. The molecule has 5 nitrogen and oxygen atoms in total. The molecule has 0 aromatic heterocycles. The van der Waals surface area contributed by atoms with E-state index >= 15 is 0 Å². The maximum Gasteiger partial charge on any atom is 0.422 e. The molecule has 0 radical (unpaired) electrons. The highest BCUT2D eigenvalue weighted by molar-refractivity contribution is 7.88. The van der Waals surface area contributed by atoms with Gasteiger partial charge in [-0.2, -0.15) is 13.2 Å². The molecule has 1 aliphatic carbocycles. The van der Waals surface area contributed by atoms with Gasteiger partial charge in [-0.15, -0.1) is 0 Å². The van der Waals surface area contributed by atoms with Crippen LogP contribution in [0, 0.1) is 0 Å². The van der Waals surface area contributed by atoms with Crippen molar-refractivity contribution < 1.29 is 31.1 Å². The highest BCUT2D eigenvalue weighted by atomic mass is 32.2. The minimum atomic E-state index is -4.80. The summed E-state index contributed by atoms with van der Waals surface area (Å²) in [5, 5.41) is 0. The van der Waals surface area contributed by atoms with Crippen LogP contribution in [-0.4, -0.2) is 39.0 Å². The van der Waals surface area contributed by atoms with Gasteiger partial charge < -0.3 is 4.74 Å². The molecule has 0 aliphatic heterocycles. The van der Waals surface area contributed by atoms with Gasteiger partial charge in [-0.25, -0.2) is 17.9 Å². The van der Waals surface area contributed by atoms with Gasteiger partial charge in [-0.05, 0) is 25.7 Å². The average Bonchev–Trinajstić information content (AvgIpc) is 2.27. The third kappa shape index (κ3) is 5.49. The molecule has 9 heteroatoms. The fraction of sp³-hybridized carbons (Fsp3) is 0.727. The molecule has 0 amide bonds. The second kappa shape index (κ2) is 6.13. The maximum atomic E-state index is 12.2. The number of ether oxygens (including phenoxy) is 1. The Bertz CT molecular complexity index is 478. The van der Waals surface area contributed by atoms with Gasteiger partial charge in [0.2, 0.25) is 10.0 Å². The van der Waals surface area contributed by atoms with Gasteiger partial charge in [-0.1, -0.05) is 6.58 Å². The fourth-order valence-electron chi connectivity index (χ4n) is 1.94. The second-order valence-corrected chi connectivity index (χ2v) is 6.53. The number of rotatable bonds is 4. The van der Waals surface area contributed by atoms with E-state index in [9.17, 15) is 26.4 Å². The van der Waals surface area contributed by atoms with Gasteiger partial charge in [0.05, 0.1) is 6.26 Å². The first-order chi connectivity index (χ1) is 8.99. The molecule has 0 bridgehead atoms. The topological polar surface area (TPSA) is 72.5 Å². The second-order valence-electron chi connectivity index (χ2n) is 4.75. The van der Waals surface area contributed by atoms with E-state index < -0.39 is 33.8 Å². The summed E-state index contributed by atoms with van der Waals surface area (Å²) in [6, 6.07) is -0.272. The molecular formula is C11H16F3NO4S.